The van der Waals surface area contributed by atoms with Gasteiger partial charge in [-0.05, 0) is 55.8 Å². The van der Waals surface area contributed by atoms with Crippen LogP contribution in [-0.2, 0) is 14.3 Å². The van der Waals surface area contributed by atoms with E-state index < -0.39 is 11.2 Å². The van der Waals surface area contributed by atoms with E-state index in [-0.39, 0.29) is 18.2 Å². The Morgan fingerprint density at radius 2 is 1.97 bits per heavy atom. The second kappa shape index (κ2) is 9.98. The zero-order valence-electron chi connectivity index (χ0n) is 17.3. The largest absolute Gasteiger partial charge is 0.465 e. The zero-order valence-corrected chi connectivity index (χ0v) is 18.9. The molecule has 1 aliphatic heterocycles. The summed E-state index contributed by atoms with van der Waals surface area (Å²) >= 11 is 7.41. The van der Waals surface area contributed by atoms with E-state index in [1.807, 2.05) is 26.0 Å². The summed E-state index contributed by atoms with van der Waals surface area (Å²) in [4.78, 5) is 42.7. The molecule has 9 heteroatoms. The number of hydrogen-bond donors (Lipinski definition) is 1. The van der Waals surface area contributed by atoms with Crippen molar-refractivity contribution in [2.45, 2.75) is 25.5 Å². The van der Waals surface area contributed by atoms with Crippen molar-refractivity contribution in [2.24, 2.45) is 4.99 Å². The third-order valence-electron chi connectivity index (χ3n) is 4.63. The molecule has 2 aromatic rings. The van der Waals surface area contributed by atoms with Gasteiger partial charge in [0.05, 0.1) is 18.4 Å². The number of rotatable bonds is 5. The van der Waals surface area contributed by atoms with Gasteiger partial charge in [0.2, 0.25) is 11.8 Å². The molecule has 1 fully saturated rings. The molecule has 1 heterocycles. The summed E-state index contributed by atoms with van der Waals surface area (Å²) in [6.07, 6.45) is 0.0569. The maximum absolute atomic E-state index is 13.0. The fraction of sp³-hybridized carbons (Fsp3) is 0.273. The minimum atomic E-state index is -0.605. The number of methoxy groups -OCH3 is 1. The van der Waals surface area contributed by atoms with Crippen molar-refractivity contribution in [3.8, 4) is 0 Å². The number of esters is 1. The molecule has 1 atom stereocenters. The van der Waals surface area contributed by atoms with Crippen LogP contribution in [0.1, 0.15) is 29.3 Å². The number of anilines is 2. The van der Waals surface area contributed by atoms with Crippen LogP contribution in [0, 0.1) is 6.92 Å². The number of nitrogens with zero attached hydrogens (tertiary/aromatic N) is 2. The molecule has 2 aromatic carbocycles. The van der Waals surface area contributed by atoms with Crippen LogP contribution in [-0.4, -0.2) is 41.9 Å². The first-order valence-corrected chi connectivity index (χ1v) is 10.9. The number of amidine groups is 1. The third-order valence-corrected chi connectivity index (χ3v) is 6.14. The normalized spacial score (nSPS) is 16.6. The van der Waals surface area contributed by atoms with Gasteiger partial charge in [-0.15, -0.1) is 0 Å². The van der Waals surface area contributed by atoms with E-state index in [2.05, 4.69) is 15.0 Å². The number of aliphatic imine (C=N–C) groups is 1. The van der Waals surface area contributed by atoms with Gasteiger partial charge in [-0.25, -0.2) is 9.69 Å². The lowest BCUT2D eigenvalue weighted by Crippen LogP contribution is -2.31. The average molecular weight is 460 g/mol. The van der Waals surface area contributed by atoms with Crippen molar-refractivity contribution in [3.63, 3.8) is 0 Å². The lowest BCUT2D eigenvalue weighted by molar-refractivity contribution is -0.121. The maximum Gasteiger partial charge on any atom is 0.337 e. The number of nitrogens with one attached hydrogen (secondary N) is 1. The van der Waals surface area contributed by atoms with Gasteiger partial charge in [-0.1, -0.05) is 29.4 Å². The number of hydrogen-bond acceptors (Lipinski definition) is 6. The quantitative estimate of drug-likeness (QED) is 0.310. The minimum Gasteiger partial charge on any atom is -0.465 e. The first kappa shape index (κ1) is 22.8. The predicted octanol–water partition coefficient (Wildman–Crippen LogP) is 4.29. The Bertz CT molecular complexity index is 1040. The fourth-order valence-electron chi connectivity index (χ4n) is 3.01. The van der Waals surface area contributed by atoms with Crippen LogP contribution >= 0.6 is 23.4 Å². The van der Waals surface area contributed by atoms with Crippen molar-refractivity contribution in [2.75, 3.05) is 23.9 Å². The van der Waals surface area contributed by atoms with E-state index in [9.17, 15) is 14.4 Å². The summed E-state index contributed by atoms with van der Waals surface area (Å²) in [5.74, 6) is -1.11. The Kier molecular flexibility index (Phi) is 7.35. The topological polar surface area (TPSA) is 88.1 Å². The predicted molar refractivity (Wildman–Crippen MR) is 124 cm³/mol. The Hall–Kier alpha value is -2.84. The van der Waals surface area contributed by atoms with Gasteiger partial charge < -0.3 is 10.1 Å². The maximum atomic E-state index is 13.0. The number of benzene rings is 2. The van der Waals surface area contributed by atoms with Crippen LogP contribution < -0.4 is 10.2 Å². The number of ether oxygens (including phenoxy) is 1. The molecule has 7 nitrogen and oxygen atoms in total. The standard InChI is InChI=1S/C22H22ClN3O4S/c1-4-24-22(25-15-8-5-13(2)17(23)11-15)31-18-12-19(27)26(20(18)28)16-9-6-14(7-10-16)21(29)30-3/h5-11,18H,4,12H2,1-3H3,(H,24,25)/t18-/m1/s1. The molecular weight excluding hydrogens is 438 g/mol. The highest BCUT2D eigenvalue weighted by Crippen LogP contribution is 2.31. The Balaban J connectivity index is 1.74. The molecule has 0 aromatic heterocycles. The third kappa shape index (κ3) is 5.26. The highest BCUT2D eigenvalue weighted by Gasteiger charge is 2.40. The summed E-state index contributed by atoms with van der Waals surface area (Å²) < 4.78 is 4.67. The van der Waals surface area contributed by atoms with Gasteiger partial charge >= 0.3 is 5.97 Å². The van der Waals surface area contributed by atoms with E-state index in [1.54, 1.807) is 18.2 Å². The van der Waals surface area contributed by atoms with E-state index in [1.165, 1.54) is 31.0 Å². The summed E-state index contributed by atoms with van der Waals surface area (Å²) in [5.41, 5.74) is 2.47. The van der Waals surface area contributed by atoms with Crippen molar-refractivity contribution in [1.82, 2.24) is 0 Å². The number of amides is 2. The molecule has 2 amide bonds. The molecule has 0 aliphatic carbocycles. The van der Waals surface area contributed by atoms with Crippen LogP contribution in [0.5, 0.6) is 0 Å². The fourth-order valence-corrected chi connectivity index (χ4v) is 4.27. The summed E-state index contributed by atoms with van der Waals surface area (Å²) in [5, 5.41) is 3.74. The zero-order chi connectivity index (χ0) is 22.5. The average Bonchev–Trinajstić information content (AvgIpc) is 3.03. The van der Waals surface area contributed by atoms with Crippen LogP contribution in [0.25, 0.3) is 0 Å². The van der Waals surface area contributed by atoms with Gasteiger partial charge in [0.15, 0.2) is 5.17 Å². The molecule has 0 saturated carbocycles. The molecule has 1 saturated heterocycles. The Morgan fingerprint density at radius 3 is 2.58 bits per heavy atom. The number of halogens is 1. The SMILES string of the molecule is CCN=C(Nc1ccc(C)c(Cl)c1)S[C@@H]1CC(=O)N(c2ccc(C(=O)OC)cc2)C1=O. The number of imide groups is 1. The van der Waals surface area contributed by atoms with Crippen molar-refractivity contribution in [3.05, 3.63) is 58.6 Å². The van der Waals surface area contributed by atoms with E-state index in [4.69, 9.17) is 11.6 Å². The lowest BCUT2D eigenvalue weighted by Gasteiger charge is -2.16. The minimum absolute atomic E-state index is 0.0569. The van der Waals surface area contributed by atoms with Crippen molar-refractivity contribution in [1.29, 1.82) is 0 Å². The van der Waals surface area contributed by atoms with Gasteiger partial charge in [-0.2, -0.15) is 0 Å². The molecule has 0 bridgehead atoms. The molecule has 0 spiro atoms. The second-order valence-electron chi connectivity index (χ2n) is 6.78. The van der Waals surface area contributed by atoms with Gasteiger partial charge in [0.1, 0.15) is 5.25 Å². The van der Waals surface area contributed by atoms with Gasteiger partial charge in [0, 0.05) is 23.7 Å². The number of aryl methyl sites for hydroxylation is 1. The Morgan fingerprint density at radius 1 is 1.26 bits per heavy atom. The summed E-state index contributed by atoms with van der Waals surface area (Å²) in [6, 6.07) is 11.7. The van der Waals surface area contributed by atoms with E-state index in [0.717, 1.165) is 16.2 Å². The number of carbonyl (C=O) groups excluding carboxylic acids is 3. The van der Waals surface area contributed by atoms with Gasteiger partial charge in [-0.3, -0.25) is 14.6 Å². The van der Waals surface area contributed by atoms with E-state index in [0.29, 0.717) is 28.0 Å². The molecule has 0 unspecified atom stereocenters. The van der Waals surface area contributed by atoms with Crippen LogP contribution in [0.3, 0.4) is 0 Å². The monoisotopic (exact) mass is 459 g/mol. The summed E-state index contributed by atoms with van der Waals surface area (Å²) in [7, 11) is 1.29. The van der Waals surface area contributed by atoms with Crippen LogP contribution in [0.2, 0.25) is 5.02 Å². The van der Waals surface area contributed by atoms with Gasteiger partial charge in [0.25, 0.3) is 0 Å². The first-order chi connectivity index (χ1) is 14.8. The Labute approximate surface area is 189 Å². The van der Waals surface area contributed by atoms with Crippen molar-refractivity contribution >= 4 is 57.7 Å². The molecule has 0 radical (unpaired) electrons. The first-order valence-electron chi connectivity index (χ1n) is 9.63. The number of carbonyl (C=O) groups is 3. The lowest BCUT2D eigenvalue weighted by atomic mass is 10.2. The number of thioether (sulfide) groups is 1. The highest BCUT2D eigenvalue weighted by atomic mass is 35.5. The van der Waals surface area contributed by atoms with E-state index >= 15 is 0 Å². The molecule has 31 heavy (non-hydrogen) atoms. The molecule has 3 rings (SSSR count). The molecule has 1 aliphatic rings. The van der Waals surface area contributed by atoms with Crippen molar-refractivity contribution < 1.29 is 19.1 Å². The summed E-state index contributed by atoms with van der Waals surface area (Å²) in [6.45, 7) is 4.32. The molecular formula is C22H22ClN3O4S. The van der Waals surface area contributed by atoms with Crippen LogP contribution in [0.15, 0.2) is 47.5 Å². The molecule has 162 valence electrons. The van der Waals surface area contributed by atoms with Crippen LogP contribution in [0.4, 0.5) is 11.4 Å². The molecule has 1 N–H and O–H groups in total. The smallest absolute Gasteiger partial charge is 0.337 e. The highest BCUT2D eigenvalue weighted by molar-refractivity contribution is 8.15. The second-order valence-corrected chi connectivity index (χ2v) is 8.38.